The summed E-state index contributed by atoms with van der Waals surface area (Å²) in [5.41, 5.74) is 10.5. The second-order valence-corrected chi connectivity index (χ2v) is 9.51. The van der Waals surface area contributed by atoms with Crippen LogP contribution in [0.1, 0.15) is 56.0 Å². The van der Waals surface area contributed by atoms with Crippen molar-refractivity contribution in [1.82, 2.24) is 15.1 Å². The molecular weight excluding hydrogens is 418 g/mol. The van der Waals surface area contributed by atoms with Crippen LogP contribution in [0, 0.1) is 18.6 Å². The number of aromatic nitrogens is 2. The quantitative estimate of drug-likeness (QED) is 0.641. The molecule has 2 atom stereocenters. The van der Waals surface area contributed by atoms with Gasteiger partial charge in [0.2, 0.25) is 0 Å². The molecule has 0 saturated carbocycles. The van der Waals surface area contributed by atoms with Crippen molar-refractivity contribution in [2.45, 2.75) is 44.6 Å². The number of piperidine rings is 1. The molecule has 162 valence electrons. The Labute approximate surface area is 183 Å². The van der Waals surface area contributed by atoms with E-state index in [0.717, 1.165) is 67.0 Å². The van der Waals surface area contributed by atoms with Gasteiger partial charge in [0.1, 0.15) is 0 Å². The van der Waals surface area contributed by atoms with Crippen molar-refractivity contribution in [1.29, 1.82) is 0 Å². The summed E-state index contributed by atoms with van der Waals surface area (Å²) in [5.74, 6) is -1.94. The van der Waals surface area contributed by atoms with Crippen LogP contribution < -0.4 is 11.1 Å². The molecule has 1 aromatic carbocycles. The summed E-state index contributed by atoms with van der Waals surface area (Å²) in [5, 5.41) is 8.44. The SMILES string of the molecule is Cc1c([C@@H]2CNCC[C@@H]2c2ccc(F)c(F)c2)nn2c1-c1cc(C(N)=O)sc1CCC2. The van der Waals surface area contributed by atoms with E-state index in [9.17, 15) is 13.6 Å². The van der Waals surface area contributed by atoms with Gasteiger partial charge in [0.05, 0.1) is 16.3 Å². The molecule has 1 saturated heterocycles. The molecule has 1 fully saturated rings. The predicted octanol–water partition coefficient (Wildman–Crippen LogP) is 4.10. The number of carbonyl (C=O) groups excluding carboxylic acids is 1. The number of nitrogens with one attached hydrogen (secondary N) is 1. The minimum absolute atomic E-state index is 0.0516. The van der Waals surface area contributed by atoms with Crippen molar-refractivity contribution in [3.8, 4) is 11.3 Å². The standard InChI is InChI=1S/C23H24F2N4OS/c1-12-21(16-11-27-7-6-14(16)13-4-5-17(24)18(25)9-13)28-29-8-2-3-19-15(22(12)29)10-20(31-19)23(26)30/h4-5,9-10,14,16,27H,2-3,6-8,11H2,1H3,(H2,26,30)/t14-,16-/m1/s1. The first-order valence-corrected chi connectivity index (χ1v) is 11.4. The van der Waals surface area contributed by atoms with Gasteiger partial charge in [0, 0.05) is 29.4 Å². The number of nitrogens with two attached hydrogens (primary N) is 1. The first kappa shape index (κ1) is 20.3. The highest BCUT2D eigenvalue weighted by Gasteiger charge is 2.34. The molecule has 0 radical (unpaired) electrons. The van der Waals surface area contributed by atoms with Gasteiger partial charge in [-0.25, -0.2) is 8.78 Å². The number of halogens is 2. The molecule has 31 heavy (non-hydrogen) atoms. The number of benzene rings is 1. The second-order valence-electron chi connectivity index (χ2n) is 8.38. The minimum Gasteiger partial charge on any atom is -0.365 e. The van der Waals surface area contributed by atoms with E-state index in [1.165, 1.54) is 28.3 Å². The van der Waals surface area contributed by atoms with E-state index >= 15 is 0 Å². The Balaban J connectivity index is 1.59. The maximum Gasteiger partial charge on any atom is 0.258 e. The van der Waals surface area contributed by atoms with Crippen LogP contribution in [0.2, 0.25) is 0 Å². The number of hydrogen-bond acceptors (Lipinski definition) is 4. The maximum absolute atomic E-state index is 14.0. The van der Waals surface area contributed by atoms with Crippen LogP contribution in [0.4, 0.5) is 8.78 Å². The molecule has 2 aliphatic heterocycles. The molecule has 2 aromatic heterocycles. The van der Waals surface area contributed by atoms with Gasteiger partial charge in [-0.15, -0.1) is 11.3 Å². The number of aryl methyl sites for hydroxylation is 2. The fourth-order valence-corrected chi connectivity index (χ4v) is 6.09. The number of fused-ring (bicyclic) bond motifs is 3. The molecule has 3 N–H and O–H groups in total. The van der Waals surface area contributed by atoms with Gasteiger partial charge in [-0.3, -0.25) is 9.48 Å². The number of rotatable bonds is 3. The molecular formula is C23H24F2N4OS. The highest BCUT2D eigenvalue weighted by Crippen LogP contribution is 2.43. The maximum atomic E-state index is 14.0. The second kappa shape index (κ2) is 7.84. The highest BCUT2D eigenvalue weighted by atomic mass is 32.1. The summed E-state index contributed by atoms with van der Waals surface area (Å²) in [7, 11) is 0. The number of amides is 1. The Hall–Kier alpha value is -2.58. The zero-order chi connectivity index (χ0) is 21.7. The number of carbonyl (C=O) groups is 1. The Morgan fingerprint density at radius 2 is 2.10 bits per heavy atom. The summed E-state index contributed by atoms with van der Waals surface area (Å²) in [6.45, 7) is 4.43. The average Bonchev–Trinajstić information content (AvgIpc) is 3.26. The van der Waals surface area contributed by atoms with Crippen LogP contribution in [0.5, 0.6) is 0 Å². The normalized spacial score (nSPS) is 20.7. The smallest absolute Gasteiger partial charge is 0.258 e. The van der Waals surface area contributed by atoms with E-state index < -0.39 is 17.5 Å². The Kier molecular flexibility index (Phi) is 5.14. The van der Waals surface area contributed by atoms with Crippen LogP contribution in [-0.4, -0.2) is 28.8 Å². The average molecular weight is 443 g/mol. The number of thiophene rings is 1. The van der Waals surface area contributed by atoms with Crippen molar-refractivity contribution in [3.05, 3.63) is 62.5 Å². The fraction of sp³-hybridized carbons (Fsp3) is 0.391. The van der Waals surface area contributed by atoms with Gasteiger partial charge in [0.15, 0.2) is 11.6 Å². The Morgan fingerprint density at radius 3 is 2.87 bits per heavy atom. The summed E-state index contributed by atoms with van der Waals surface area (Å²) >= 11 is 1.47. The molecule has 3 aromatic rings. The van der Waals surface area contributed by atoms with Crippen molar-refractivity contribution < 1.29 is 13.6 Å². The molecule has 0 bridgehead atoms. The van der Waals surface area contributed by atoms with Gasteiger partial charge in [-0.2, -0.15) is 5.10 Å². The lowest BCUT2D eigenvalue weighted by molar-refractivity contribution is 0.100. The molecule has 8 heteroatoms. The number of hydrogen-bond donors (Lipinski definition) is 2. The predicted molar refractivity (Wildman–Crippen MR) is 116 cm³/mol. The first-order valence-electron chi connectivity index (χ1n) is 10.6. The monoisotopic (exact) mass is 442 g/mol. The lowest BCUT2D eigenvalue weighted by Gasteiger charge is -2.32. The molecule has 5 nitrogen and oxygen atoms in total. The third-order valence-electron chi connectivity index (χ3n) is 6.51. The Bertz CT molecular complexity index is 1170. The third-order valence-corrected chi connectivity index (χ3v) is 7.72. The van der Waals surface area contributed by atoms with Gasteiger partial charge >= 0.3 is 0 Å². The summed E-state index contributed by atoms with van der Waals surface area (Å²) in [6, 6.07) is 6.12. The van der Waals surface area contributed by atoms with Crippen molar-refractivity contribution in [3.63, 3.8) is 0 Å². The summed E-state index contributed by atoms with van der Waals surface area (Å²) in [6.07, 6.45) is 2.66. The summed E-state index contributed by atoms with van der Waals surface area (Å²) < 4.78 is 29.5. The van der Waals surface area contributed by atoms with E-state index in [2.05, 4.69) is 12.2 Å². The van der Waals surface area contributed by atoms with E-state index in [4.69, 9.17) is 10.8 Å². The topological polar surface area (TPSA) is 72.9 Å². The first-order chi connectivity index (χ1) is 14.9. The molecule has 5 rings (SSSR count). The lowest BCUT2D eigenvalue weighted by atomic mass is 9.78. The third kappa shape index (κ3) is 3.47. The number of nitrogens with zero attached hydrogens (tertiary/aromatic N) is 2. The number of primary amides is 1. The molecule has 1 amide bonds. The van der Waals surface area contributed by atoms with Gasteiger partial charge in [-0.1, -0.05) is 6.07 Å². The van der Waals surface area contributed by atoms with Crippen LogP contribution >= 0.6 is 11.3 Å². The zero-order valence-corrected chi connectivity index (χ0v) is 18.1. The summed E-state index contributed by atoms with van der Waals surface area (Å²) in [4.78, 5) is 13.5. The van der Waals surface area contributed by atoms with E-state index in [1.54, 1.807) is 6.07 Å². The van der Waals surface area contributed by atoms with E-state index in [-0.39, 0.29) is 11.8 Å². The Morgan fingerprint density at radius 1 is 1.26 bits per heavy atom. The largest absolute Gasteiger partial charge is 0.365 e. The van der Waals surface area contributed by atoms with Crippen LogP contribution in [0.15, 0.2) is 24.3 Å². The van der Waals surface area contributed by atoms with Gasteiger partial charge in [0.25, 0.3) is 5.91 Å². The highest BCUT2D eigenvalue weighted by molar-refractivity contribution is 7.14. The van der Waals surface area contributed by atoms with Crippen LogP contribution in [0.25, 0.3) is 11.3 Å². The van der Waals surface area contributed by atoms with E-state index in [0.29, 0.717) is 4.88 Å². The van der Waals surface area contributed by atoms with Gasteiger partial charge in [-0.05, 0) is 68.0 Å². The molecule has 0 unspecified atom stereocenters. The van der Waals surface area contributed by atoms with E-state index in [1.807, 2.05) is 10.7 Å². The van der Waals surface area contributed by atoms with Crippen LogP contribution in [0.3, 0.4) is 0 Å². The molecule has 0 spiro atoms. The van der Waals surface area contributed by atoms with Crippen molar-refractivity contribution in [2.75, 3.05) is 13.1 Å². The lowest BCUT2D eigenvalue weighted by Crippen LogP contribution is -2.34. The molecule has 0 aliphatic carbocycles. The minimum atomic E-state index is -0.825. The van der Waals surface area contributed by atoms with Crippen molar-refractivity contribution >= 4 is 17.2 Å². The van der Waals surface area contributed by atoms with Crippen molar-refractivity contribution in [2.24, 2.45) is 5.73 Å². The van der Waals surface area contributed by atoms with Crippen LogP contribution in [-0.2, 0) is 13.0 Å². The molecule has 2 aliphatic rings. The fourth-order valence-electron chi connectivity index (χ4n) is 5.04. The molecule has 4 heterocycles. The zero-order valence-electron chi connectivity index (χ0n) is 17.3. The van der Waals surface area contributed by atoms with Gasteiger partial charge < -0.3 is 11.1 Å².